The van der Waals surface area contributed by atoms with Crippen LogP contribution in [-0.4, -0.2) is 10.1 Å². The fourth-order valence-electron chi connectivity index (χ4n) is 1.55. The highest BCUT2D eigenvalue weighted by atomic mass is 16.3. The van der Waals surface area contributed by atoms with Crippen molar-refractivity contribution in [3.8, 4) is 5.75 Å². The monoisotopic (exact) mass is 228 g/mol. The van der Waals surface area contributed by atoms with Crippen molar-refractivity contribution in [2.75, 3.05) is 0 Å². The quantitative estimate of drug-likeness (QED) is 0.844. The highest BCUT2D eigenvalue weighted by Crippen LogP contribution is 2.09. The molecule has 0 saturated carbocycles. The Bertz CT molecular complexity index is 417. The Morgan fingerprint density at radius 2 is 1.82 bits per heavy atom. The summed E-state index contributed by atoms with van der Waals surface area (Å²) in [5, 5.41) is 12.5. The highest BCUT2D eigenvalue weighted by Gasteiger charge is 1.95. The lowest BCUT2D eigenvalue weighted by Gasteiger charge is -2.05. The second-order valence-corrected chi connectivity index (χ2v) is 4.10. The van der Waals surface area contributed by atoms with E-state index in [1.54, 1.807) is 12.1 Å². The molecule has 1 aromatic carbocycles. The van der Waals surface area contributed by atoms with Crippen molar-refractivity contribution in [1.82, 2.24) is 10.3 Å². The Hall–Kier alpha value is -1.87. The number of aromatic hydroxyl groups is 1. The maximum atomic E-state index is 9.16. The highest BCUT2D eigenvalue weighted by molar-refractivity contribution is 5.25. The van der Waals surface area contributed by atoms with E-state index in [0.717, 1.165) is 24.3 Å². The van der Waals surface area contributed by atoms with Crippen LogP contribution in [0.1, 0.15) is 16.8 Å². The van der Waals surface area contributed by atoms with Gasteiger partial charge in [-0.2, -0.15) is 0 Å². The summed E-state index contributed by atoms with van der Waals surface area (Å²) in [5.74, 6) is 0.300. The zero-order valence-corrected chi connectivity index (χ0v) is 9.85. The number of nitrogens with zero attached hydrogens (tertiary/aromatic N) is 1. The van der Waals surface area contributed by atoms with Crippen molar-refractivity contribution in [2.45, 2.75) is 20.0 Å². The molecule has 2 rings (SSSR count). The van der Waals surface area contributed by atoms with Gasteiger partial charge in [0.25, 0.3) is 0 Å². The van der Waals surface area contributed by atoms with Crippen LogP contribution in [0.3, 0.4) is 0 Å². The normalized spacial score (nSPS) is 10.4. The molecule has 0 aliphatic heterocycles. The molecule has 1 heterocycles. The Kier molecular flexibility index (Phi) is 3.73. The molecule has 0 aliphatic carbocycles. The minimum atomic E-state index is 0.300. The van der Waals surface area contributed by atoms with Crippen molar-refractivity contribution in [3.05, 3.63) is 59.4 Å². The molecule has 88 valence electrons. The van der Waals surface area contributed by atoms with E-state index in [9.17, 15) is 0 Å². The number of phenols is 1. The van der Waals surface area contributed by atoms with Crippen molar-refractivity contribution in [3.63, 3.8) is 0 Å². The van der Waals surface area contributed by atoms with Gasteiger partial charge >= 0.3 is 0 Å². The first-order valence-electron chi connectivity index (χ1n) is 5.64. The summed E-state index contributed by atoms with van der Waals surface area (Å²) in [7, 11) is 0. The van der Waals surface area contributed by atoms with E-state index in [2.05, 4.69) is 16.4 Å². The number of aryl methyl sites for hydroxylation is 1. The maximum absolute atomic E-state index is 9.16. The van der Waals surface area contributed by atoms with Crippen LogP contribution in [-0.2, 0) is 13.1 Å². The zero-order valence-electron chi connectivity index (χ0n) is 9.85. The van der Waals surface area contributed by atoms with Gasteiger partial charge < -0.3 is 10.4 Å². The van der Waals surface area contributed by atoms with Crippen LogP contribution in [0.15, 0.2) is 42.6 Å². The average Bonchev–Trinajstić information content (AvgIpc) is 2.34. The molecule has 3 heteroatoms. The van der Waals surface area contributed by atoms with Gasteiger partial charge in [0.05, 0.1) is 5.69 Å². The van der Waals surface area contributed by atoms with Crippen LogP contribution >= 0.6 is 0 Å². The van der Waals surface area contributed by atoms with Gasteiger partial charge in [0.15, 0.2) is 0 Å². The van der Waals surface area contributed by atoms with E-state index in [-0.39, 0.29) is 0 Å². The first kappa shape index (κ1) is 11.6. The van der Waals surface area contributed by atoms with E-state index in [1.807, 2.05) is 31.3 Å². The number of nitrogens with one attached hydrogen (secondary N) is 1. The van der Waals surface area contributed by atoms with E-state index >= 15 is 0 Å². The first-order chi connectivity index (χ1) is 8.24. The summed E-state index contributed by atoms with van der Waals surface area (Å²) in [6.07, 6.45) is 1.87. The predicted molar refractivity (Wildman–Crippen MR) is 67.6 cm³/mol. The third-order valence-corrected chi connectivity index (χ3v) is 2.54. The number of hydrogen-bond acceptors (Lipinski definition) is 3. The minimum Gasteiger partial charge on any atom is -0.508 e. The number of aromatic nitrogens is 1. The minimum absolute atomic E-state index is 0.300. The smallest absolute Gasteiger partial charge is 0.115 e. The molecule has 0 amide bonds. The van der Waals surface area contributed by atoms with Crippen LogP contribution in [0, 0.1) is 6.92 Å². The molecule has 0 fully saturated rings. The summed E-state index contributed by atoms with van der Waals surface area (Å²) < 4.78 is 0. The van der Waals surface area contributed by atoms with Crippen LogP contribution in [0.4, 0.5) is 0 Å². The number of rotatable bonds is 4. The fourth-order valence-corrected chi connectivity index (χ4v) is 1.55. The third kappa shape index (κ3) is 3.57. The molecule has 0 saturated heterocycles. The zero-order chi connectivity index (χ0) is 12.1. The average molecular weight is 228 g/mol. The van der Waals surface area contributed by atoms with Crippen molar-refractivity contribution in [1.29, 1.82) is 0 Å². The van der Waals surface area contributed by atoms with Gasteiger partial charge in [-0.25, -0.2) is 0 Å². The molecule has 0 bridgehead atoms. The van der Waals surface area contributed by atoms with E-state index in [4.69, 9.17) is 5.11 Å². The van der Waals surface area contributed by atoms with Gasteiger partial charge in [0.1, 0.15) is 5.75 Å². The van der Waals surface area contributed by atoms with Crippen molar-refractivity contribution < 1.29 is 5.11 Å². The number of benzene rings is 1. The number of pyridine rings is 1. The summed E-state index contributed by atoms with van der Waals surface area (Å²) in [6, 6.07) is 11.3. The van der Waals surface area contributed by atoms with Crippen molar-refractivity contribution in [2.24, 2.45) is 0 Å². The van der Waals surface area contributed by atoms with Crippen LogP contribution in [0.2, 0.25) is 0 Å². The van der Waals surface area contributed by atoms with Gasteiger partial charge in [0.2, 0.25) is 0 Å². The summed E-state index contributed by atoms with van der Waals surface area (Å²) in [5.41, 5.74) is 3.36. The van der Waals surface area contributed by atoms with Gasteiger partial charge in [-0.1, -0.05) is 18.2 Å². The standard InChI is InChI=1S/C14H16N2O/c1-11-2-5-13(16-8-11)10-15-9-12-3-6-14(17)7-4-12/h2-8,15,17H,9-10H2,1H3. The number of phenolic OH excluding ortho intramolecular Hbond substituents is 1. The lowest BCUT2D eigenvalue weighted by atomic mass is 10.2. The summed E-state index contributed by atoms with van der Waals surface area (Å²) in [6.45, 7) is 3.55. The summed E-state index contributed by atoms with van der Waals surface area (Å²) >= 11 is 0. The van der Waals surface area contributed by atoms with Crippen LogP contribution in [0.25, 0.3) is 0 Å². The number of hydrogen-bond donors (Lipinski definition) is 2. The second-order valence-electron chi connectivity index (χ2n) is 4.10. The Labute approximate surface area is 101 Å². The molecule has 0 spiro atoms. The first-order valence-corrected chi connectivity index (χ1v) is 5.64. The van der Waals surface area contributed by atoms with Gasteiger partial charge in [0, 0.05) is 19.3 Å². The second kappa shape index (κ2) is 5.46. The Balaban J connectivity index is 1.83. The SMILES string of the molecule is Cc1ccc(CNCc2ccc(O)cc2)nc1. The van der Waals surface area contributed by atoms with Gasteiger partial charge in [-0.05, 0) is 36.2 Å². The molecule has 0 atom stereocenters. The molecular weight excluding hydrogens is 212 g/mol. The maximum Gasteiger partial charge on any atom is 0.115 e. The summed E-state index contributed by atoms with van der Waals surface area (Å²) in [4.78, 5) is 4.32. The molecule has 0 aliphatic rings. The Morgan fingerprint density at radius 1 is 1.06 bits per heavy atom. The van der Waals surface area contributed by atoms with Gasteiger partial charge in [-0.15, -0.1) is 0 Å². The lowest BCUT2D eigenvalue weighted by Crippen LogP contribution is -2.13. The molecule has 3 nitrogen and oxygen atoms in total. The molecule has 0 unspecified atom stereocenters. The van der Waals surface area contributed by atoms with E-state index < -0.39 is 0 Å². The molecular formula is C14H16N2O. The lowest BCUT2D eigenvalue weighted by molar-refractivity contribution is 0.475. The molecule has 2 N–H and O–H groups in total. The van der Waals surface area contributed by atoms with Crippen LogP contribution in [0.5, 0.6) is 5.75 Å². The topological polar surface area (TPSA) is 45.1 Å². The molecule has 2 aromatic rings. The third-order valence-electron chi connectivity index (χ3n) is 2.54. The van der Waals surface area contributed by atoms with E-state index in [0.29, 0.717) is 5.75 Å². The Morgan fingerprint density at radius 3 is 2.47 bits per heavy atom. The molecule has 1 aromatic heterocycles. The fraction of sp³-hybridized carbons (Fsp3) is 0.214. The van der Waals surface area contributed by atoms with Crippen LogP contribution < -0.4 is 5.32 Å². The predicted octanol–water partition coefficient (Wildman–Crippen LogP) is 2.39. The van der Waals surface area contributed by atoms with E-state index in [1.165, 1.54) is 5.56 Å². The molecule has 0 radical (unpaired) electrons. The largest absolute Gasteiger partial charge is 0.508 e. The van der Waals surface area contributed by atoms with Gasteiger partial charge in [-0.3, -0.25) is 4.98 Å². The molecule has 17 heavy (non-hydrogen) atoms. The van der Waals surface area contributed by atoms with Crippen molar-refractivity contribution >= 4 is 0 Å².